The Labute approximate surface area is 119 Å². The first-order valence-corrected chi connectivity index (χ1v) is 6.13. The van der Waals surface area contributed by atoms with Crippen molar-refractivity contribution in [2.75, 3.05) is 0 Å². The summed E-state index contributed by atoms with van der Waals surface area (Å²) in [6.07, 6.45) is 2.69. The summed E-state index contributed by atoms with van der Waals surface area (Å²) in [7, 11) is 0. The number of hydrogen-bond donors (Lipinski definition) is 3. The molecule has 1 amide bonds. The molecule has 2 heterocycles. The van der Waals surface area contributed by atoms with E-state index in [4.69, 9.17) is 5.11 Å². The zero-order chi connectivity index (χ0) is 15.4. The minimum atomic E-state index is -1.07. The van der Waals surface area contributed by atoms with E-state index < -0.39 is 11.9 Å². The monoisotopic (exact) mass is 287 g/mol. The van der Waals surface area contributed by atoms with Crippen LogP contribution in [0.5, 0.6) is 0 Å². The lowest BCUT2D eigenvalue weighted by Gasteiger charge is -2.05. The van der Waals surface area contributed by atoms with Gasteiger partial charge < -0.3 is 15.4 Å². The van der Waals surface area contributed by atoms with Crippen LogP contribution in [-0.2, 0) is 6.54 Å². The summed E-state index contributed by atoms with van der Waals surface area (Å²) in [5.74, 6) is -1.61. The highest BCUT2D eigenvalue weighted by molar-refractivity contribution is 5.93. The van der Waals surface area contributed by atoms with Gasteiger partial charge in [-0.15, -0.1) is 0 Å². The normalized spacial score (nSPS) is 10.1. The summed E-state index contributed by atoms with van der Waals surface area (Å²) < 4.78 is 0. The average Bonchev–Trinajstić information content (AvgIpc) is 2.45. The summed E-state index contributed by atoms with van der Waals surface area (Å²) >= 11 is 0. The Morgan fingerprint density at radius 3 is 2.81 bits per heavy atom. The van der Waals surface area contributed by atoms with Crippen LogP contribution in [0.2, 0.25) is 0 Å². The van der Waals surface area contributed by atoms with Crippen molar-refractivity contribution in [1.29, 1.82) is 0 Å². The third-order valence-corrected chi connectivity index (χ3v) is 2.80. The Balaban J connectivity index is 2.09. The molecule has 0 saturated carbocycles. The third kappa shape index (κ3) is 3.53. The van der Waals surface area contributed by atoms with Crippen LogP contribution in [0.15, 0.2) is 35.4 Å². The van der Waals surface area contributed by atoms with E-state index in [1.54, 1.807) is 6.92 Å². The number of aryl methyl sites for hydroxylation is 1. The second-order valence-corrected chi connectivity index (χ2v) is 4.42. The minimum Gasteiger partial charge on any atom is -0.478 e. The number of nitrogens with one attached hydrogen (secondary N) is 2. The van der Waals surface area contributed by atoms with Gasteiger partial charge in [-0.3, -0.25) is 14.6 Å². The Bertz CT molecular complexity index is 752. The highest BCUT2D eigenvalue weighted by Crippen LogP contribution is 2.02. The van der Waals surface area contributed by atoms with Gasteiger partial charge in [0.15, 0.2) is 5.43 Å². The molecule has 0 atom stereocenters. The molecule has 0 bridgehead atoms. The number of carboxylic acid groups (broad SMARTS) is 1. The number of aromatic carboxylic acids is 1. The predicted molar refractivity (Wildman–Crippen MR) is 74.2 cm³/mol. The molecule has 7 nitrogen and oxygen atoms in total. The molecule has 0 aromatic carbocycles. The number of aromatic amines is 1. The molecule has 0 saturated heterocycles. The van der Waals surface area contributed by atoms with Gasteiger partial charge in [0.25, 0.3) is 5.91 Å². The minimum absolute atomic E-state index is 0.00464. The van der Waals surface area contributed by atoms with E-state index in [0.29, 0.717) is 11.4 Å². The zero-order valence-electron chi connectivity index (χ0n) is 11.2. The molecule has 21 heavy (non-hydrogen) atoms. The lowest BCUT2D eigenvalue weighted by atomic mass is 10.2. The highest BCUT2D eigenvalue weighted by atomic mass is 16.4. The Morgan fingerprint density at radius 1 is 1.38 bits per heavy atom. The number of carbonyl (C=O) groups excluding carboxylic acids is 1. The largest absolute Gasteiger partial charge is 0.478 e. The SMILES string of the molecule is Cc1cc(=O)c(C(=O)NCc2cc(C(=O)O)ccn2)c[nH]1. The highest BCUT2D eigenvalue weighted by Gasteiger charge is 2.11. The van der Waals surface area contributed by atoms with Gasteiger partial charge in [-0.25, -0.2) is 4.79 Å². The maximum atomic E-state index is 11.9. The van der Waals surface area contributed by atoms with E-state index in [2.05, 4.69) is 15.3 Å². The molecule has 3 N–H and O–H groups in total. The topological polar surface area (TPSA) is 112 Å². The first kappa shape index (κ1) is 14.4. The van der Waals surface area contributed by atoms with Crippen LogP contribution < -0.4 is 10.7 Å². The van der Waals surface area contributed by atoms with Gasteiger partial charge in [-0.2, -0.15) is 0 Å². The molecule has 0 aliphatic carbocycles. The molecule has 0 radical (unpaired) electrons. The van der Waals surface area contributed by atoms with Gasteiger partial charge in [0.1, 0.15) is 5.56 Å². The third-order valence-electron chi connectivity index (χ3n) is 2.80. The van der Waals surface area contributed by atoms with Crippen LogP contribution in [0, 0.1) is 6.92 Å². The number of nitrogens with zero attached hydrogens (tertiary/aromatic N) is 1. The van der Waals surface area contributed by atoms with Gasteiger partial charge in [0, 0.05) is 24.2 Å². The fraction of sp³-hybridized carbons (Fsp3) is 0.143. The van der Waals surface area contributed by atoms with Crippen LogP contribution in [0.4, 0.5) is 0 Å². The molecule has 0 aliphatic rings. The summed E-state index contributed by atoms with van der Waals surface area (Å²) in [5.41, 5.74) is 0.757. The Kier molecular flexibility index (Phi) is 4.13. The smallest absolute Gasteiger partial charge is 0.335 e. The fourth-order valence-electron chi connectivity index (χ4n) is 1.72. The fourth-order valence-corrected chi connectivity index (χ4v) is 1.72. The zero-order valence-corrected chi connectivity index (χ0v) is 11.2. The van der Waals surface area contributed by atoms with E-state index in [9.17, 15) is 14.4 Å². The van der Waals surface area contributed by atoms with Crippen molar-refractivity contribution in [3.05, 3.63) is 63.3 Å². The van der Waals surface area contributed by atoms with E-state index in [-0.39, 0.29) is 23.1 Å². The van der Waals surface area contributed by atoms with Crippen LogP contribution >= 0.6 is 0 Å². The molecule has 0 unspecified atom stereocenters. The van der Waals surface area contributed by atoms with E-state index in [0.717, 1.165) is 0 Å². The van der Waals surface area contributed by atoms with Crippen LogP contribution in [0.25, 0.3) is 0 Å². The molecule has 2 aromatic heterocycles. The number of hydrogen-bond acceptors (Lipinski definition) is 4. The molecule has 0 spiro atoms. The number of pyridine rings is 2. The summed E-state index contributed by atoms with van der Waals surface area (Å²) in [6.45, 7) is 1.75. The summed E-state index contributed by atoms with van der Waals surface area (Å²) in [4.78, 5) is 41.1. The molecular formula is C14H13N3O4. The number of carboxylic acids is 1. The lowest BCUT2D eigenvalue weighted by Crippen LogP contribution is -2.28. The van der Waals surface area contributed by atoms with E-state index in [1.165, 1.54) is 30.6 Å². The van der Waals surface area contributed by atoms with Crippen molar-refractivity contribution in [1.82, 2.24) is 15.3 Å². The number of aromatic nitrogens is 2. The summed E-state index contributed by atoms with van der Waals surface area (Å²) in [5, 5.41) is 11.4. The number of rotatable bonds is 4. The molecular weight excluding hydrogens is 274 g/mol. The Morgan fingerprint density at radius 2 is 2.14 bits per heavy atom. The van der Waals surface area contributed by atoms with Crippen LogP contribution in [0.1, 0.15) is 32.1 Å². The lowest BCUT2D eigenvalue weighted by molar-refractivity contribution is 0.0696. The van der Waals surface area contributed by atoms with Crippen LogP contribution in [-0.4, -0.2) is 27.0 Å². The average molecular weight is 287 g/mol. The molecule has 108 valence electrons. The second kappa shape index (κ2) is 6.00. The van der Waals surface area contributed by atoms with Crippen molar-refractivity contribution in [3.8, 4) is 0 Å². The molecule has 0 fully saturated rings. The van der Waals surface area contributed by atoms with Crippen molar-refractivity contribution in [2.45, 2.75) is 13.5 Å². The van der Waals surface area contributed by atoms with Gasteiger partial charge in [-0.05, 0) is 19.1 Å². The van der Waals surface area contributed by atoms with Gasteiger partial charge >= 0.3 is 5.97 Å². The predicted octanol–water partition coefficient (Wildman–Crippen LogP) is 0.707. The molecule has 2 aromatic rings. The van der Waals surface area contributed by atoms with Gasteiger partial charge in [-0.1, -0.05) is 0 Å². The maximum absolute atomic E-state index is 11.9. The maximum Gasteiger partial charge on any atom is 0.335 e. The quantitative estimate of drug-likeness (QED) is 0.766. The molecule has 7 heteroatoms. The number of amides is 1. The van der Waals surface area contributed by atoms with Crippen molar-refractivity contribution >= 4 is 11.9 Å². The van der Waals surface area contributed by atoms with Crippen molar-refractivity contribution in [3.63, 3.8) is 0 Å². The number of H-pyrrole nitrogens is 1. The Hall–Kier alpha value is -2.96. The second-order valence-electron chi connectivity index (χ2n) is 4.42. The molecule has 0 aliphatic heterocycles. The van der Waals surface area contributed by atoms with E-state index in [1.807, 2.05) is 0 Å². The van der Waals surface area contributed by atoms with Gasteiger partial charge in [0.2, 0.25) is 0 Å². The standard InChI is InChI=1S/C14H13N3O4/c1-8-4-12(18)11(7-16-8)13(19)17-6-10-5-9(14(20)21)2-3-15-10/h2-5,7H,6H2,1H3,(H,16,18)(H,17,19)(H,20,21). The first-order chi connectivity index (χ1) is 9.97. The van der Waals surface area contributed by atoms with E-state index >= 15 is 0 Å². The first-order valence-electron chi connectivity index (χ1n) is 6.13. The van der Waals surface area contributed by atoms with Crippen LogP contribution in [0.3, 0.4) is 0 Å². The van der Waals surface area contributed by atoms with Gasteiger partial charge in [0.05, 0.1) is 17.8 Å². The summed E-state index contributed by atoms with van der Waals surface area (Å²) in [6, 6.07) is 4.05. The van der Waals surface area contributed by atoms with Crippen molar-refractivity contribution in [2.24, 2.45) is 0 Å². The molecule has 2 rings (SSSR count). The number of carbonyl (C=O) groups is 2. The van der Waals surface area contributed by atoms with Crippen molar-refractivity contribution < 1.29 is 14.7 Å².